The van der Waals surface area contributed by atoms with Crippen LogP contribution in [0, 0.1) is 5.82 Å². The van der Waals surface area contributed by atoms with Crippen molar-refractivity contribution in [1.82, 2.24) is 19.4 Å². The van der Waals surface area contributed by atoms with Crippen LogP contribution in [0.25, 0.3) is 17.0 Å². The van der Waals surface area contributed by atoms with E-state index in [0.29, 0.717) is 17.0 Å². The van der Waals surface area contributed by atoms with Crippen molar-refractivity contribution in [2.24, 2.45) is 0 Å². The number of aromatic nitrogens is 4. The summed E-state index contributed by atoms with van der Waals surface area (Å²) in [4.78, 5) is 12.6. The molecule has 6 nitrogen and oxygen atoms in total. The lowest BCUT2D eigenvalue weighted by molar-refractivity contribution is 0.475. The van der Waals surface area contributed by atoms with E-state index in [1.807, 2.05) is 31.2 Å². The molecule has 0 spiro atoms. The Balaban J connectivity index is 1.74. The minimum Gasteiger partial charge on any atom is -0.508 e. The van der Waals surface area contributed by atoms with Crippen LogP contribution in [0.2, 0.25) is 0 Å². The Bertz CT molecular complexity index is 1090. The first kappa shape index (κ1) is 16.0. The van der Waals surface area contributed by atoms with Gasteiger partial charge in [0.15, 0.2) is 5.82 Å². The molecule has 1 aromatic carbocycles. The number of fused-ring (bicyclic) bond motifs is 1. The van der Waals surface area contributed by atoms with Crippen molar-refractivity contribution in [3.8, 4) is 17.1 Å². The zero-order chi connectivity index (χ0) is 18.1. The maximum Gasteiger partial charge on any atom is 0.227 e. The standard InChI is InChI=1S/C19H16FN5O/c1-2-12-7-13(9-14(26)8-12)23-19-22-10-15(20)18(24-19)16-11-21-17-5-3-4-6-25(16)17/h3-11,26H,2H2,1H3,(H,22,23,24). The number of benzene rings is 1. The molecule has 26 heavy (non-hydrogen) atoms. The Labute approximate surface area is 149 Å². The van der Waals surface area contributed by atoms with Crippen molar-refractivity contribution < 1.29 is 9.50 Å². The number of phenolic OH excluding ortho intramolecular Hbond substituents is 1. The molecule has 0 bridgehead atoms. The number of rotatable bonds is 4. The number of aryl methyl sites for hydroxylation is 1. The first-order chi connectivity index (χ1) is 12.6. The van der Waals surface area contributed by atoms with E-state index in [9.17, 15) is 9.50 Å². The molecule has 0 radical (unpaired) electrons. The number of halogens is 1. The Morgan fingerprint density at radius 3 is 2.88 bits per heavy atom. The third-order valence-electron chi connectivity index (χ3n) is 4.05. The number of imidazole rings is 1. The molecule has 7 heteroatoms. The van der Waals surface area contributed by atoms with E-state index < -0.39 is 5.82 Å². The van der Waals surface area contributed by atoms with E-state index in [-0.39, 0.29) is 17.4 Å². The van der Waals surface area contributed by atoms with Gasteiger partial charge in [-0.25, -0.2) is 19.3 Å². The average molecular weight is 349 g/mol. The Kier molecular flexibility index (Phi) is 3.96. The second-order valence-corrected chi connectivity index (χ2v) is 5.83. The summed E-state index contributed by atoms with van der Waals surface area (Å²) in [5.74, 6) is -0.151. The van der Waals surface area contributed by atoms with E-state index in [1.165, 1.54) is 0 Å². The summed E-state index contributed by atoms with van der Waals surface area (Å²) < 4.78 is 16.1. The Morgan fingerprint density at radius 2 is 2.04 bits per heavy atom. The first-order valence-electron chi connectivity index (χ1n) is 8.19. The number of nitrogens with zero attached hydrogens (tertiary/aromatic N) is 4. The van der Waals surface area contributed by atoms with Crippen LogP contribution >= 0.6 is 0 Å². The highest BCUT2D eigenvalue weighted by Gasteiger charge is 2.14. The molecule has 4 rings (SSSR count). The highest BCUT2D eigenvalue weighted by Crippen LogP contribution is 2.25. The second kappa shape index (κ2) is 6.44. The molecule has 130 valence electrons. The number of anilines is 2. The predicted molar refractivity (Wildman–Crippen MR) is 96.9 cm³/mol. The largest absolute Gasteiger partial charge is 0.508 e. The van der Waals surface area contributed by atoms with E-state index in [1.54, 1.807) is 28.9 Å². The maximum atomic E-state index is 14.3. The second-order valence-electron chi connectivity index (χ2n) is 5.83. The topological polar surface area (TPSA) is 75.3 Å². The quantitative estimate of drug-likeness (QED) is 0.584. The summed E-state index contributed by atoms with van der Waals surface area (Å²) in [6.45, 7) is 2.00. The number of aromatic hydroxyl groups is 1. The molecule has 3 heterocycles. The molecule has 3 aromatic heterocycles. The fraction of sp³-hybridized carbons (Fsp3) is 0.105. The van der Waals surface area contributed by atoms with Gasteiger partial charge >= 0.3 is 0 Å². The zero-order valence-corrected chi connectivity index (χ0v) is 14.0. The molecular weight excluding hydrogens is 333 g/mol. The minimum absolute atomic E-state index is 0.149. The van der Waals surface area contributed by atoms with Crippen molar-refractivity contribution in [1.29, 1.82) is 0 Å². The third kappa shape index (κ3) is 2.95. The molecule has 0 aliphatic carbocycles. The van der Waals surface area contributed by atoms with E-state index in [0.717, 1.165) is 18.2 Å². The molecule has 0 amide bonds. The summed E-state index contributed by atoms with van der Waals surface area (Å²) in [5, 5.41) is 12.8. The van der Waals surface area contributed by atoms with Gasteiger partial charge in [-0.05, 0) is 36.2 Å². The number of hydrogen-bond acceptors (Lipinski definition) is 5. The van der Waals surface area contributed by atoms with Crippen molar-refractivity contribution in [2.75, 3.05) is 5.32 Å². The fourth-order valence-corrected chi connectivity index (χ4v) is 2.79. The summed E-state index contributed by atoms with van der Waals surface area (Å²) in [6, 6.07) is 10.7. The lowest BCUT2D eigenvalue weighted by atomic mass is 10.1. The van der Waals surface area contributed by atoms with Gasteiger partial charge in [0.1, 0.15) is 17.1 Å². The summed E-state index contributed by atoms with van der Waals surface area (Å²) in [5.41, 5.74) is 3.00. The SMILES string of the molecule is CCc1cc(O)cc(Nc2ncc(F)c(-c3cnc4ccccn34)n2)c1. The third-order valence-corrected chi connectivity index (χ3v) is 4.05. The molecule has 0 fully saturated rings. The van der Waals surface area contributed by atoms with Crippen LogP contribution in [0.3, 0.4) is 0 Å². The van der Waals surface area contributed by atoms with Crippen LogP contribution in [0.5, 0.6) is 5.75 Å². The van der Waals surface area contributed by atoms with Gasteiger partial charge in [-0.2, -0.15) is 0 Å². The Hall–Kier alpha value is -3.48. The van der Waals surface area contributed by atoms with Crippen molar-refractivity contribution in [3.05, 3.63) is 66.4 Å². The van der Waals surface area contributed by atoms with Crippen molar-refractivity contribution in [3.63, 3.8) is 0 Å². The van der Waals surface area contributed by atoms with E-state index in [4.69, 9.17) is 0 Å². The van der Waals surface area contributed by atoms with Crippen molar-refractivity contribution >= 4 is 17.3 Å². The predicted octanol–water partition coefficient (Wildman–Crippen LogP) is 3.94. The molecule has 0 saturated carbocycles. The van der Waals surface area contributed by atoms with Crippen molar-refractivity contribution in [2.45, 2.75) is 13.3 Å². The summed E-state index contributed by atoms with van der Waals surface area (Å²) in [6.07, 6.45) is 5.28. The van der Waals surface area contributed by atoms with Crippen LogP contribution in [0.1, 0.15) is 12.5 Å². The molecule has 4 aromatic rings. The molecule has 0 aliphatic rings. The number of phenols is 1. The molecule has 0 unspecified atom stereocenters. The van der Waals surface area contributed by atoms with Gasteiger partial charge in [-0.1, -0.05) is 13.0 Å². The van der Waals surface area contributed by atoms with Gasteiger partial charge in [0.05, 0.1) is 18.1 Å². The molecule has 0 aliphatic heterocycles. The van der Waals surface area contributed by atoms with Gasteiger partial charge in [-0.15, -0.1) is 0 Å². The average Bonchev–Trinajstić information content (AvgIpc) is 3.07. The molecular formula is C19H16FN5O. The number of hydrogen-bond donors (Lipinski definition) is 2. The summed E-state index contributed by atoms with van der Waals surface area (Å²) in [7, 11) is 0. The van der Waals surface area contributed by atoms with Gasteiger partial charge in [0.2, 0.25) is 5.95 Å². The van der Waals surface area contributed by atoms with Crippen LogP contribution in [-0.4, -0.2) is 24.5 Å². The minimum atomic E-state index is -0.536. The van der Waals surface area contributed by atoms with E-state index in [2.05, 4.69) is 20.3 Å². The normalized spacial score (nSPS) is 11.0. The van der Waals surface area contributed by atoms with Crippen LogP contribution in [0.15, 0.2) is 55.0 Å². The monoisotopic (exact) mass is 349 g/mol. The molecule has 0 saturated heterocycles. The van der Waals surface area contributed by atoms with Crippen LogP contribution < -0.4 is 5.32 Å². The highest BCUT2D eigenvalue weighted by molar-refractivity contribution is 5.63. The maximum absolute atomic E-state index is 14.3. The van der Waals surface area contributed by atoms with Gasteiger partial charge < -0.3 is 10.4 Å². The Morgan fingerprint density at radius 1 is 1.15 bits per heavy atom. The van der Waals surface area contributed by atoms with Crippen LogP contribution in [0.4, 0.5) is 16.0 Å². The van der Waals surface area contributed by atoms with Gasteiger partial charge in [0.25, 0.3) is 0 Å². The lowest BCUT2D eigenvalue weighted by Gasteiger charge is -2.09. The number of pyridine rings is 1. The highest BCUT2D eigenvalue weighted by atomic mass is 19.1. The first-order valence-corrected chi connectivity index (χ1v) is 8.19. The smallest absolute Gasteiger partial charge is 0.227 e. The number of nitrogens with one attached hydrogen (secondary N) is 1. The van der Waals surface area contributed by atoms with E-state index >= 15 is 0 Å². The van der Waals surface area contributed by atoms with Gasteiger partial charge in [-0.3, -0.25) is 4.40 Å². The molecule has 0 atom stereocenters. The molecule has 2 N–H and O–H groups in total. The van der Waals surface area contributed by atoms with Crippen LogP contribution in [-0.2, 0) is 6.42 Å². The zero-order valence-electron chi connectivity index (χ0n) is 14.0. The van der Waals surface area contributed by atoms with Gasteiger partial charge in [0, 0.05) is 18.0 Å². The summed E-state index contributed by atoms with van der Waals surface area (Å²) >= 11 is 0. The fourth-order valence-electron chi connectivity index (χ4n) is 2.79. The lowest BCUT2D eigenvalue weighted by Crippen LogP contribution is -2.02.